The second-order valence-electron chi connectivity index (χ2n) is 5.21. The number of benzene rings is 1. The Balaban J connectivity index is 1.80. The predicted octanol–water partition coefficient (Wildman–Crippen LogP) is 2.39. The maximum absolute atomic E-state index is 13.0. The van der Waals surface area contributed by atoms with Crippen molar-refractivity contribution in [3.05, 3.63) is 52.8 Å². The van der Waals surface area contributed by atoms with Gasteiger partial charge in [-0.15, -0.1) is 11.3 Å². The number of esters is 1. The molecular formula is C16H13N3O3S. The van der Waals surface area contributed by atoms with Crippen molar-refractivity contribution < 1.29 is 14.3 Å². The molecule has 4 rings (SSSR count). The molecular weight excluding hydrogens is 314 g/mol. The first-order valence-electron chi connectivity index (χ1n) is 7.13. The molecule has 0 unspecified atom stereocenters. The molecule has 0 saturated heterocycles. The minimum Gasteiger partial charge on any atom is -0.465 e. The van der Waals surface area contributed by atoms with Gasteiger partial charge in [0.25, 0.3) is 5.91 Å². The number of anilines is 1. The molecule has 0 radical (unpaired) electrons. The minimum atomic E-state index is -0.435. The largest absolute Gasteiger partial charge is 0.465 e. The summed E-state index contributed by atoms with van der Waals surface area (Å²) in [4.78, 5) is 31.6. The predicted molar refractivity (Wildman–Crippen MR) is 86.2 cm³/mol. The van der Waals surface area contributed by atoms with Gasteiger partial charge < -0.3 is 9.64 Å². The number of methoxy groups -OCH3 is 1. The van der Waals surface area contributed by atoms with Crippen molar-refractivity contribution in [3.63, 3.8) is 0 Å². The molecule has 3 aromatic rings. The van der Waals surface area contributed by atoms with Gasteiger partial charge in [-0.1, -0.05) is 12.1 Å². The van der Waals surface area contributed by atoms with Gasteiger partial charge in [0.15, 0.2) is 4.96 Å². The van der Waals surface area contributed by atoms with Crippen molar-refractivity contribution in [1.82, 2.24) is 9.38 Å². The fourth-order valence-corrected chi connectivity index (χ4v) is 3.65. The first-order chi connectivity index (χ1) is 11.2. The first-order valence-corrected chi connectivity index (χ1v) is 8.01. The van der Waals surface area contributed by atoms with Gasteiger partial charge >= 0.3 is 5.97 Å². The summed E-state index contributed by atoms with van der Waals surface area (Å²) in [6, 6.07) is 5.44. The normalized spacial score (nSPS) is 13.3. The summed E-state index contributed by atoms with van der Waals surface area (Å²) in [5, 5.41) is 1.89. The van der Waals surface area contributed by atoms with Crippen LogP contribution in [0.4, 0.5) is 5.69 Å². The number of carbonyl (C=O) groups excluding carboxylic acids is 2. The van der Waals surface area contributed by atoms with Crippen LogP contribution >= 0.6 is 11.3 Å². The number of thiazole rings is 1. The van der Waals surface area contributed by atoms with Crippen molar-refractivity contribution in [2.24, 2.45) is 0 Å². The van der Waals surface area contributed by atoms with E-state index in [2.05, 4.69) is 4.98 Å². The highest BCUT2D eigenvalue weighted by atomic mass is 32.1. The van der Waals surface area contributed by atoms with Crippen LogP contribution in [-0.4, -0.2) is 34.9 Å². The number of fused-ring (bicyclic) bond motifs is 2. The van der Waals surface area contributed by atoms with Crippen molar-refractivity contribution >= 4 is 33.9 Å². The molecule has 116 valence electrons. The number of amides is 1. The summed E-state index contributed by atoms with van der Waals surface area (Å²) in [7, 11) is 1.34. The molecule has 1 amide bonds. The molecule has 3 heterocycles. The van der Waals surface area contributed by atoms with Crippen LogP contribution < -0.4 is 4.90 Å². The summed E-state index contributed by atoms with van der Waals surface area (Å²) >= 11 is 1.47. The third-order valence-electron chi connectivity index (χ3n) is 4.01. The lowest BCUT2D eigenvalue weighted by atomic mass is 10.1. The first kappa shape index (κ1) is 14.0. The number of imidazole rings is 1. The summed E-state index contributed by atoms with van der Waals surface area (Å²) < 4.78 is 6.61. The van der Waals surface area contributed by atoms with Gasteiger partial charge in [0, 0.05) is 18.1 Å². The molecule has 0 spiro atoms. The van der Waals surface area contributed by atoms with E-state index in [9.17, 15) is 9.59 Å². The molecule has 1 aliphatic heterocycles. The standard InChI is InChI=1S/C16H13N3O3S/c1-22-15(21)11-4-2-3-10-5-6-19(13(10)11)14(20)12-9-17-16-18(12)7-8-23-16/h2-4,7-9H,5-6H2,1H3. The van der Waals surface area contributed by atoms with Gasteiger partial charge in [0.05, 0.1) is 24.6 Å². The highest BCUT2D eigenvalue weighted by Gasteiger charge is 2.31. The van der Waals surface area contributed by atoms with Crippen molar-refractivity contribution in [1.29, 1.82) is 0 Å². The van der Waals surface area contributed by atoms with E-state index in [0.717, 1.165) is 16.9 Å². The van der Waals surface area contributed by atoms with Crippen LogP contribution in [0.25, 0.3) is 4.96 Å². The monoisotopic (exact) mass is 327 g/mol. The van der Waals surface area contributed by atoms with Crippen molar-refractivity contribution in [2.45, 2.75) is 6.42 Å². The lowest BCUT2D eigenvalue weighted by Crippen LogP contribution is -2.31. The van der Waals surface area contributed by atoms with E-state index >= 15 is 0 Å². The lowest BCUT2D eigenvalue weighted by molar-refractivity contribution is 0.0601. The van der Waals surface area contributed by atoms with E-state index in [0.29, 0.717) is 23.5 Å². The summed E-state index contributed by atoms with van der Waals surface area (Å²) in [5.41, 5.74) is 2.54. The molecule has 7 heteroatoms. The number of ether oxygens (including phenoxy) is 1. The smallest absolute Gasteiger partial charge is 0.339 e. The molecule has 0 N–H and O–H groups in total. The molecule has 0 bridgehead atoms. The van der Waals surface area contributed by atoms with Crippen LogP contribution in [0, 0.1) is 0 Å². The molecule has 1 aliphatic rings. The fraction of sp³-hybridized carbons (Fsp3) is 0.188. The van der Waals surface area contributed by atoms with E-state index in [1.54, 1.807) is 21.6 Å². The number of aromatic nitrogens is 2. The average Bonchev–Trinajstić information content (AvgIpc) is 3.27. The van der Waals surface area contributed by atoms with Crippen LogP contribution in [0.5, 0.6) is 0 Å². The van der Waals surface area contributed by atoms with Gasteiger partial charge in [-0.3, -0.25) is 9.20 Å². The Morgan fingerprint density at radius 2 is 2.22 bits per heavy atom. The third kappa shape index (κ3) is 2.04. The second kappa shape index (κ2) is 5.20. The molecule has 0 atom stereocenters. The molecule has 2 aromatic heterocycles. The zero-order valence-electron chi connectivity index (χ0n) is 12.4. The molecule has 0 aliphatic carbocycles. The van der Waals surface area contributed by atoms with Gasteiger partial charge in [-0.2, -0.15) is 0 Å². The van der Waals surface area contributed by atoms with E-state index < -0.39 is 5.97 Å². The minimum absolute atomic E-state index is 0.161. The number of rotatable bonds is 2. The maximum atomic E-state index is 13.0. The van der Waals surface area contributed by atoms with E-state index in [1.165, 1.54) is 18.4 Å². The second-order valence-corrected chi connectivity index (χ2v) is 6.08. The lowest BCUT2D eigenvalue weighted by Gasteiger charge is -2.19. The van der Waals surface area contributed by atoms with Crippen LogP contribution in [-0.2, 0) is 11.2 Å². The van der Waals surface area contributed by atoms with E-state index in [-0.39, 0.29) is 5.91 Å². The van der Waals surface area contributed by atoms with E-state index in [1.807, 2.05) is 23.7 Å². The Labute approximate surface area is 135 Å². The van der Waals surface area contributed by atoms with Crippen molar-refractivity contribution in [2.75, 3.05) is 18.6 Å². The topological polar surface area (TPSA) is 63.9 Å². The fourth-order valence-electron chi connectivity index (χ4n) is 2.96. The Bertz CT molecular complexity index is 928. The van der Waals surface area contributed by atoms with Gasteiger partial charge in [-0.05, 0) is 18.1 Å². The third-order valence-corrected chi connectivity index (χ3v) is 4.78. The Kier molecular flexibility index (Phi) is 3.16. The Hall–Kier alpha value is -2.67. The van der Waals surface area contributed by atoms with Crippen LogP contribution in [0.1, 0.15) is 26.4 Å². The molecule has 23 heavy (non-hydrogen) atoms. The highest BCUT2D eigenvalue weighted by molar-refractivity contribution is 7.15. The zero-order chi connectivity index (χ0) is 16.0. The van der Waals surface area contributed by atoms with Gasteiger partial charge in [-0.25, -0.2) is 9.78 Å². The average molecular weight is 327 g/mol. The number of carbonyl (C=O) groups is 2. The molecule has 6 nitrogen and oxygen atoms in total. The summed E-state index contributed by atoms with van der Waals surface area (Å²) in [6.07, 6.45) is 4.12. The number of hydrogen-bond donors (Lipinski definition) is 0. The SMILES string of the molecule is COC(=O)c1cccc2c1N(C(=O)c1cnc3sccn13)CC2. The molecule has 0 fully saturated rings. The van der Waals surface area contributed by atoms with Crippen LogP contribution in [0.2, 0.25) is 0 Å². The highest BCUT2D eigenvalue weighted by Crippen LogP contribution is 2.33. The van der Waals surface area contributed by atoms with Gasteiger partial charge in [0.1, 0.15) is 5.69 Å². The molecule has 0 saturated carbocycles. The van der Waals surface area contributed by atoms with E-state index in [4.69, 9.17) is 4.74 Å². The van der Waals surface area contributed by atoms with Crippen molar-refractivity contribution in [3.8, 4) is 0 Å². The quantitative estimate of drug-likeness (QED) is 0.678. The number of hydrogen-bond acceptors (Lipinski definition) is 5. The molecule has 1 aromatic carbocycles. The van der Waals surface area contributed by atoms with Gasteiger partial charge in [0.2, 0.25) is 0 Å². The van der Waals surface area contributed by atoms with Crippen LogP contribution in [0.3, 0.4) is 0 Å². The summed E-state index contributed by atoms with van der Waals surface area (Å²) in [5.74, 6) is -0.596. The Morgan fingerprint density at radius 3 is 3.04 bits per heavy atom. The summed E-state index contributed by atoms with van der Waals surface area (Å²) in [6.45, 7) is 0.541. The zero-order valence-corrected chi connectivity index (χ0v) is 13.2. The Morgan fingerprint density at radius 1 is 1.35 bits per heavy atom. The number of para-hydroxylation sites is 1. The van der Waals surface area contributed by atoms with Crippen LogP contribution in [0.15, 0.2) is 36.0 Å². The number of nitrogens with zero attached hydrogens (tertiary/aromatic N) is 3. The maximum Gasteiger partial charge on any atom is 0.339 e.